The van der Waals surface area contributed by atoms with Crippen molar-refractivity contribution in [1.82, 2.24) is 5.43 Å². The van der Waals surface area contributed by atoms with Gasteiger partial charge in [0.05, 0.1) is 25.1 Å². The van der Waals surface area contributed by atoms with Crippen molar-refractivity contribution >= 4 is 39.6 Å². The Hall–Kier alpha value is -2.87. The largest absolute Gasteiger partial charge is 0.490 e. The third kappa shape index (κ3) is 6.38. The third-order valence-corrected chi connectivity index (χ3v) is 4.13. The molecule has 0 radical (unpaired) electrons. The quantitative estimate of drug-likeness (QED) is 0.366. The molecule has 0 heterocycles. The summed E-state index contributed by atoms with van der Waals surface area (Å²) in [5.41, 5.74) is 3.39. The molecule has 8 heteroatoms. The van der Waals surface area contributed by atoms with Gasteiger partial charge < -0.3 is 14.8 Å². The fourth-order valence-electron chi connectivity index (χ4n) is 2.16. The Kier molecular flexibility index (Phi) is 8.48. The number of halogens is 1. The zero-order valence-electron chi connectivity index (χ0n) is 15.7. The number of nitrogens with one attached hydrogen (secondary N) is 2. The lowest BCUT2D eigenvalue weighted by Gasteiger charge is -2.11. The van der Waals surface area contributed by atoms with Gasteiger partial charge in [0.15, 0.2) is 11.5 Å². The summed E-state index contributed by atoms with van der Waals surface area (Å²) < 4.78 is 11.9. The fourth-order valence-corrected chi connectivity index (χ4v) is 2.55. The smallest absolute Gasteiger partial charge is 0.329 e. The van der Waals surface area contributed by atoms with Crippen LogP contribution in [0.5, 0.6) is 11.5 Å². The van der Waals surface area contributed by atoms with Gasteiger partial charge in [-0.05, 0) is 65.2 Å². The van der Waals surface area contributed by atoms with Crippen molar-refractivity contribution in [2.45, 2.75) is 20.3 Å². The van der Waals surface area contributed by atoms with E-state index in [1.807, 2.05) is 13.8 Å². The Morgan fingerprint density at radius 3 is 2.57 bits per heavy atom. The van der Waals surface area contributed by atoms with E-state index in [4.69, 9.17) is 9.47 Å². The molecule has 2 rings (SSSR count). The molecule has 0 bridgehead atoms. The number of hydrogen-bond donors (Lipinski definition) is 2. The highest BCUT2D eigenvalue weighted by Crippen LogP contribution is 2.28. The third-order valence-electron chi connectivity index (χ3n) is 3.44. The molecule has 28 heavy (non-hydrogen) atoms. The van der Waals surface area contributed by atoms with E-state index >= 15 is 0 Å². The van der Waals surface area contributed by atoms with Gasteiger partial charge in [0.1, 0.15) is 0 Å². The Labute approximate surface area is 172 Å². The Bertz CT molecular complexity index is 855. The van der Waals surface area contributed by atoms with Gasteiger partial charge in [0.25, 0.3) is 0 Å². The average molecular weight is 448 g/mol. The van der Waals surface area contributed by atoms with Gasteiger partial charge in [0.2, 0.25) is 0 Å². The first-order valence-corrected chi connectivity index (χ1v) is 9.63. The molecule has 0 aliphatic rings. The van der Waals surface area contributed by atoms with Gasteiger partial charge in [0, 0.05) is 4.47 Å². The van der Waals surface area contributed by atoms with Crippen LogP contribution in [0.25, 0.3) is 0 Å². The summed E-state index contributed by atoms with van der Waals surface area (Å²) in [6, 6.07) is 12.3. The lowest BCUT2D eigenvalue weighted by atomic mass is 10.2. The average Bonchev–Trinajstić information content (AvgIpc) is 2.69. The van der Waals surface area contributed by atoms with Crippen LogP contribution in [-0.2, 0) is 9.59 Å². The van der Waals surface area contributed by atoms with Crippen LogP contribution >= 0.6 is 15.9 Å². The first-order chi connectivity index (χ1) is 13.5. The summed E-state index contributed by atoms with van der Waals surface area (Å²) >= 11 is 3.30. The molecule has 0 saturated heterocycles. The van der Waals surface area contributed by atoms with E-state index in [9.17, 15) is 9.59 Å². The van der Waals surface area contributed by atoms with Gasteiger partial charge in [-0.2, -0.15) is 5.10 Å². The Balaban J connectivity index is 1.97. The number of hydrogen-bond acceptors (Lipinski definition) is 5. The lowest BCUT2D eigenvalue weighted by molar-refractivity contribution is -0.136. The van der Waals surface area contributed by atoms with Crippen LogP contribution in [0.1, 0.15) is 25.8 Å². The van der Waals surface area contributed by atoms with Gasteiger partial charge in [-0.25, -0.2) is 5.43 Å². The molecule has 0 spiro atoms. The molecule has 0 aliphatic heterocycles. The number of rotatable bonds is 8. The number of amides is 2. The highest BCUT2D eigenvalue weighted by Gasteiger charge is 2.14. The number of carbonyl (C=O) groups excluding carboxylic acids is 2. The molecule has 148 valence electrons. The van der Waals surface area contributed by atoms with Crippen molar-refractivity contribution in [3.8, 4) is 11.5 Å². The number of para-hydroxylation sites is 1. The maximum Gasteiger partial charge on any atom is 0.329 e. The van der Waals surface area contributed by atoms with Crippen LogP contribution < -0.4 is 20.2 Å². The fraction of sp³-hybridized carbons (Fsp3) is 0.250. The van der Waals surface area contributed by atoms with E-state index < -0.39 is 11.8 Å². The van der Waals surface area contributed by atoms with E-state index in [1.165, 1.54) is 6.21 Å². The highest BCUT2D eigenvalue weighted by atomic mass is 79.9. The van der Waals surface area contributed by atoms with E-state index in [0.717, 1.165) is 6.42 Å². The van der Waals surface area contributed by atoms with Crippen molar-refractivity contribution in [2.24, 2.45) is 5.10 Å². The molecule has 0 fully saturated rings. The minimum atomic E-state index is -0.875. The molecular formula is C20H22BrN3O4. The van der Waals surface area contributed by atoms with Gasteiger partial charge in [-0.3, -0.25) is 9.59 Å². The van der Waals surface area contributed by atoms with Crippen LogP contribution in [0, 0.1) is 0 Å². The van der Waals surface area contributed by atoms with E-state index in [1.54, 1.807) is 42.5 Å². The highest BCUT2D eigenvalue weighted by molar-refractivity contribution is 9.10. The Morgan fingerprint density at radius 1 is 1.07 bits per heavy atom. The van der Waals surface area contributed by atoms with Crippen molar-refractivity contribution in [1.29, 1.82) is 0 Å². The second-order valence-corrected chi connectivity index (χ2v) is 6.48. The minimum absolute atomic E-state index is 0.495. The van der Waals surface area contributed by atoms with Crippen molar-refractivity contribution < 1.29 is 19.1 Å². The number of carbonyl (C=O) groups is 2. The van der Waals surface area contributed by atoms with E-state index in [0.29, 0.717) is 40.4 Å². The summed E-state index contributed by atoms with van der Waals surface area (Å²) in [6.45, 7) is 5.00. The summed E-state index contributed by atoms with van der Waals surface area (Å²) in [6.07, 6.45) is 2.32. The summed E-state index contributed by atoms with van der Waals surface area (Å²) in [7, 11) is 0. The monoisotopic (exact) mass is 447 g/mol. The van der Waals surface area contributed by atoms with Crippen LogP contribution in [0.15, 0.2) is 52.0 Å². The molecular weight excluding hydrogens is 426 g/mol. The molecule has 0 unspecified atom stereocenters. The van der Waals surface area contributed by atoms with E-state index in [2.05, 4.69) is 31.8 Å². The van der Waals surface area contributed by atoms with Crippen LogP contribution in [0.4, 0.5) is 5.69 Å². The van der Waals surface area contributed by atoms with E-state index in [-0.39, 0.29) is 0 Å². The number of anilines is 1. The molecule has 7 nitrogen and oxygen atoms in total. The first kappa shape index (κ1) is 21.4. The SMILES string of the molecule is CCCOc1ccc(/C=N\NC(=O)C(=O)Nc2ccccc2Br)cc1OCC. The van der Waals surface area contributed by atoms with Crippen molar-refractivity contribution in [2.75, 3.05) is 18.5 Å². The molecule has 0 saturated carbocycles. The molecule has 2 amide bonds. The minimum Gasteiger partial charge on any atom is -0.490 e. The Morgan fingerprint density at radius 2 is 1.86 bits per heavy atom. The van der Waals surface area contributed by atoms with Gasteiger partial charge in [-0.1, -0.05) is 19.1 Å². The molecule has 0 atom stereocenters. The van der Waals surface area contributed by atoms with Crippen molar-refractivity contribution in [3.63, 3.8) is 0 Å². The van der Waals surface area contributed by atoms with Crippen LogP contribution in [0.2, 0.25) is 0 Å². The predicted octanol–water partition coefficient (Wildman–Crippen LogP) is 3.73. The normalized spacial score (nSPS) is 10.5. The molecule has 2 N–H and O–H groups in total. The lowest BCUT2D eigenvalue weighted by Crippen LogP contribution is -2.32. The summed E-state index contributed by atoms with van der Waals surface area (Å²) in [4.78, 5) is 23.8. The van der Waals surface area contributed by atoms with Crippen molar-refractivity contribution in [3.05, 3.63) is 52.5 Å². The standard InChI is InChI=1S/C20H22BrN3O4/c1-3-11-28-17-10-9-14(12-18(17)27-4-2)13-22-24-20(26)19(25)23-16-8-6-5-7-15(16)21/h5-10,12-13H,3-4,11H2,1-2H3,(H,23,25)(H,24,26)/b22-13-. The predicted molar refractivity (Wildman–Crippen MR) is 112 cm³/mol. The zero-order chi connectivity index (χ0) is 20.4. The summed E-state index contributed by atoms with van der Waals surface area (Å²) in [5, 5.41) is 6.33. The maximum atomic E-state index is 11.9. The second-order valence-electron chi connectivity index (χ2n) is 5.62. The van der Waals surface area contributed by atoms with Crippen LogP contribution in [-0.4, -0.2) is 31.2 Å². The summed E-state index contributed by atoms with van der Waals surface area (Å²) in [5.74, 6) is -0.446. The van der Waals surface area contributed by atoms with Gasteiger partial charge >= 0.3 is 11.8 Å². The molecule has 0 aromatic heterocycles. The molecule has 2 aromatic rings. The second kappa shape index (κ2) is 11.1. The maximum absolute atomic E-state index is 11.9. The van der Waals surface area contributed by atoms with Crippen LogP contribution in [0.3, 0.4) is 0 Å². The number of hydrazone groups is 1. The molecule has 0 aliphatic carbocycles. The topological polar surface area (TPSA) is 89.0 Å². The molecule has 2 aromatic carbocycles. The number of ether oxygens (including phenoxy) is 2. The zero-order valence-corrected chi connectivity index (χ0v) is 17.3. The van der Waals surface area contributed by atoms with Gasteiger partial charge in [-0.15, -0.1) is 0 Å². The number of nitrogens with zero attached hydrogens (tertiary/aromatic N) is 1. The number of benzene rings is 2. The first-order valence-electron chi connectivity index (χ1n) is 8.83.